The Bertz CT molecular complexity index is 630. The number of thiophene rings is 1. The Morgan fingerprint density at radius 2 is 1.96 bits per heavy atom. The molecule has 26 heavy (non-hydrogen) atoms. The number of hydrogen-bond acceptors (Lipinski definition) is 5. The lowest BCUT2D eigenvalue weighted by Gasteiger charge is -2.34. The number of rotatable bonds is 6. The number of amides is 2. The molecule has 0 spiro atoms. The van der Waals surface area contributed by atoms with Gasteiger partial charge in [-0.15, -0.1) is 11.3 Å². The maximum Gasteiger partial charge on any atom is 0.254 e. The highest BCUT2D eigenvalue weighted by atomic mass is 32.1. The topological polar surface area (TPSA) is 70.7 Å². The zero-order valence-electron chi connectivity index (χ0n) is 16.5. The SMILES string of the molecule is CC[C@H](CNC(=O)c1cc(C)sc1NC(=O)C(C)(C)C)N1CCOCC1. The number of hydrogen-bond donors (Lipinski definition) is 2. The maximum atomic E-state index is 12.7. The highest BCUT2D eigenvalue weighted by Crippen LogP contribution is 2.29. The number of morpholine rings is 1. The molecule has 0 radical (unpaired) electrons. The molecular weight excluding hydrogens is 350 g/mol. The first-order valence-corrected chi connectivity index (χ1v) is 10.1. The molecule has 1 atom stereocenters. The highest BCUT2D eigenvalue weighted by Gasteiger charge is 2.25. The van der Waals surface area contributed by atoms with E-state index < -0.39 is 5.41 Å². The first-order chi connectivity index (χ1) is 12.2. The zero-order valence-corrected chi connectivity index (χ0v) is 17.3. The van der Waals surface area contributed by atoms with Crippen molar-refractivity contribution in [3.8, 4) is 0 Å². The average Bonchev–Trinajstić information content (AvgIpc) is 2.96. The number of aryl methyl sites for hydroxylation is 1. The van der Waals surface area contributed by atoms with E-state index in [1.807, 2.05) is 33.8 Å². The Kier molecular flexibility index (Phi) is 7.20. The van der Waals surface area contributed by atoms with E-state index >= 15 is 0 Å². The summed E-state index contributed by atoms with van der Waals surface area (Å²) < 4.78 is 5.40. The third-order valence-corrected chi connectivity index (χ3v) is 5.51. The Balaban J connectivity index is 2.01. The number of nitrogens with one attached hydrogen (secondary N) is 2. The molecule has 146 valence electrons. The Hall–Kier alpha value is -1.44. The lowest BCUT2D eigenvalue weighted by atomic mass is 9.96. The second-order valence-corrected chi connectivity index (χ2v) is 8.98. The van der Waals surface area contributed by atoms with Gasteiger partial charge in [-0.3, -0.25) is 14.5 Å². The largest absolute Gasteiger partial charge is 0.379 e. The molecule has 0 unspecified atom stereocenters. The average molecular weight is 382 g/mol. The summed E-state index contributed by atoms with van der Waals surface area (Å²) in [5.74, 6) is -0.224. The molecule has 1 aliphatic rings. The van der Waals surface area contributed by atoms with E-state index in [0.29, 0.717) is 23.2 Å². The lowest BCUT2D eigenvalue weighted by Crippen LogP contribution is -2.48. The van der Waals surface area contributed by atoms with Crippen LogP contribution in [0.3, 0.4) is 0 Å². The van der Waals surface area contributed by atoms with Crippen LogP contribution in [-0.2, 0) is 9.53 Å². The van der Waals surface area contributed by atoms with Crippen LogP contribution in [0.4, 0.5) is 5.00 Å². The van der Waals surface area contributed by atoms with Gasteiger partial charge in [0.15, 0.2) is 0 Å². The second-order valence-electron chi connectivity index (χ2n) is 7.72. The quantitative estimate of drug-likeness (QED) is 0.795. The molecular formula is C19H31N3O3S. The monoisotopic (exact) mass is 381 g/mol. The predicted molar refractivity (Wildman–Crippen MR) is 106 cm³/mol. The number of carbonyl (C=O) groups excluding carboxylic acids is 2. The molecule has 2 heterocycles. The van der Waals surface area contributed by atoms with Gasteiger partial charge in [-0.2, -0.15) is 0 Å². The molecule has 1 fully saturated rings. The smallest absolute Gasteiger partial charge is 0.254 e. The van der Waals surface area contributed by atoms with Crippen molar-refractivity contribution in [1.82, 2.24) is 10.2 Å². The minimum atomic E-state index is -0.505. The van der Waals surface area contributed by atoms with Gasteiger partial charge in [-0.1, -0.05) is 27.7 Å². The van der Waals surface area contributed by atoms with Crippen molar-refractivity contribution in [2.45, 2.75) is 47.1 Å². The minimum Gasteiger partial charge on any atom is -0.379 e. The molecule has 0 aliphatic carbocycles. The van der Waals surface area contributed by atoms with Crippen molar-refractivity contribution in [3.63, 3.8) is 0 Å². The van der Waals surface area contributed by atoms with E-state index in [1.54, 1.807) is 0 Å². The van der Waals surface area contributed by atoms with Gasteiger partial charge in [-0.05, 0) is 19.4 Å². The Morgan fingerprint density at radius 3 is 2.54 bits per heavy atom. The van der Waals surface area contributed by atoms with Gasteiger partial charge in [0, 0.05) is 36.0 Å². The first kappa shape index (κ1) is 20.9. The summed E-state index contributed by atoms with van der Waals surface area (Å²) in [6, 6.07) is 2.14. The summed E-state index contributed by atoms with van der Waals surface area (Å²) in [4.78, 5) is 28.4. The van der Waals surface area contributed by atoms with Crippen LogP contribution in [-0.4, -0.2) is 55.6 Å². The second kappa shape index (κ2) is 8.97. The third-order valence-electron chi connectivity index (χ3n) is 4.54. The Morgan fingerprint density at radius 1 is 1.31 bits per heavy atom. The number of carbonyl (C=O) groups is 2. The van der Waals surface area contributed by atoms with E-state index in [1.165, 1.54) is 11.3 Å². The fraction of sp³-hybridized carbons (Fsp3) is 0.684. The third kappa shape index (κ3) is 5.53. The van der Waals surface area contributed by atoms with Crippen LogP contribution in [0, 0.1) is 12.3 Å². The molecule has 1 aromatic heterocycles. The molecule has 7 heteroatoms. The van der Waals surface area contributed by atoms with Crippen molar-refractivity contribution < 1.29 is 14.3 Å². The standard InChI is InChI=1S/C19H31N3O3S/c1-6-14(22-7-9-25-10-8-22)12-20-16(23)15-11-13(2)26-17(15)21-18(24)19(3,4)5/h11,14H,6-10,12H2,1-5H3,(H,20,23)(H,21,24)/t14-/m1/s1. The first-order valence-electron chi connectivity index (χ1n) is 9.24. The fourth-order valence-corrected chi connectivity index (χ4v) is 3.75. The summed E-state index contributed by atoms with van der Waals surface area (Å²) in [5.41, 5.74) is 0.0388. The summed E-state index contributed by atoms with van der Waals surface area (Å²) in [6.07, 6.45) is 0.969. The number of nitrogens with zero attached hydrogens (tertiary/aromatic N) is 1. The van der Waals surface area contributed by atoms with Crippen molar-refractivity contribution >= 4 is 28.2 Å². The molecule has 0 bridgehead atoms. The molecule has 6 nitrogen and oxygen atoms in total. The van der Waals surface area contributed by atoms with Gasteiger partial charge in [0.05, 0.1) is 18.8 Å². The molecule has 2 rings (SSSR count). The normalized spacial score (nSPS) is 17.0. The summed E-state index contributed by atoms with van der Waals surface area (Å²) >= 11 is 1.44. The van der Waals surface area contributed by atoms with Gasteiger partial charge in [-0.25, -0.2) is 0 Å². The molecule has 2 amide bonds. The van der Waals surface area contributed by atoms with Crippen LogP contribution in [0.1, 0.15) is 49.4 Å². The van der Waals surface area contributed by atoms with Gasteiger partial charge in [0.25, 0.3) is 5.91 Å². The van der Waals surface area contributed by atoms with Crippen LogP contribution < -0.4 is 10.6 Å². The van der Waals surface area contributed by atoms with E-state index in [-0.39, 0.29) is 11.8 Å². The van der Waals surface area contributed by atoms with Crippen molar-refractivity contribution in [2.75, 3.05) is 38.2 Å². The van der Waals surface area contributed by atoms with E-state index in [9.17, 15) is 9.59 Å². The van der Waals surface area contributed by atoms with Crippen molar-refractivity contribution in [3.05, 3.63) is 16.5 Å². The van der Waals surface area contributed by atoms with Gasteiger partial charge < -0.3 is 15.4 Å². The molecule has 1 saturated heterocycles. The van der Waals surface area contributed by atoms with Gasteiger partial charge in [0.2, 0.25) is 5.91 Å². The van der Waals surface area contributed by atoms with Crippen molar-refractivity contribution in [1.29, 1.82) is 0 Å². The lowest BCUT2D eigenvalue weighted by molar-refractivity contribution is -0.123. The fourth-order valence-electron chi connectivity index (χ4n) is 2.85. The van der Waals surface area contributed by atoms with Crippen LogP contribution in [0.25, 0.3) is 0 Å². The zero-order chi connectivity index (χ0) is 19.3. The highest BCUT2D eigenvalue weighted by molar-refractivity contribution is 7.16. The summed E-state index contributed by atoms with van der Waals surface area (Å²) in [5, 5.41) is 6.58. The predicted octanol–water partition coefficient (Wildman–Crippen LogP) is 2.88. The van der Waals surface area contributed by atoms with Gasteiger partial charge >= 0.3 is 0 Å². The van der Waals surface area contributed by atoms with Gasteiger partial charge in [0.1, 0.15) is 5.00 Å². The molecule has 2 N–H and O–H groups in total. The molecule has 1 aromatic rings. The molecule has 1 aliphatic heterocycles. The Labute approximate surface area is 160 Å². The van der Waals surface area contributed by atoms with E-state index in [2.05, 4.69) is 22.5 Å². The molecule has 0 aromatic carbocycles. The summed E-state index contributed by atoms with van der Waals surface area (Å²) in [6.45, 7) is 13.5. The summed E-state index contributed by atoms with van der Waals surface area (Å²) in [7, 11) is 0. The molecule has 0 saturated carbocycles. The van der Waals surface area contributed by atoms with Crippen LogP contribution in [0.5, 0.6) is 0 Å². The van der Waals surface area contributed by atoms with E-state index in [0.717, 1.165) is 37.6 Å². The van der Waals surface area contributed by atoms with Crippen LogP contribution >= 0.6 is 11.3 Å². The number of ether oxygens (including phenoxy) is 1. The maximum absolute atomic E-state index is 12.7. The minimum absolute atomic E-state index is 0.0897. The van der Waals surface area contributed by atoms with Crippen LogP contribution in [0.2, 0.25) is 0 Å². The number of anilines is 1. The van der Waals surface area contributed by atoms with E-state index in [4.69, 9.17) is 4.74 Å². The van der Waals surface area contributed by atoms with Crippen LogP contribution in [0.15, 0.2) is 6.07 Å². The van der Waals surface area contributed by atoms with Crippen molar-refractivity contribution in [2.24, 2.45) is 5.41 Å².